The van der Waals surface area contributed by atoms with Crippen LogP contribution < -0.4 is 19.1 Å². The molecule has 0 fully saturated rings. The Hall–Kier alpha value is -3.23. The number of sulfonamides is 1. The zero-order valence-electron chi connectivity index (χ0n) is 17.8. The van der Waals surface area contributed by atoms with Gasteiger partial charge in [-0.2, -0.15) is 0 Å². The topological polar surface area (TPSA) is 84.9 Å². The lowest BCUT2D eigenvalue weighted by atomic mass is 10.1. The van der Waals surface area contributed by atoms with Crippen LogP contribution in [0.25, 0.3) is 0 Å². The summed E-state index contributed by atoms with van der Waals surface area (Å²) in [6.07, 6.45) is 1.09. The van der Waals surface area contributed by atoms with Crippen molar-refractivity contribution in [2.45, 2.75) is 6.54 Å². The van der Waals surface area contributed by atoms with Crippen LogP contribution in [0.15, 0.2) is 66.7 Å². The maximum absolute atomic E-state index is 13.3. The van der Waals surface area contributed by atoms with Crippen molar-refractivity contribution in [2.24, 2.45) is 0 Å². The number of ether oxygens (including phenoxy) is 2. The van der Waals surface area contributed by atoms with Gasteiger partial charge in [0.05, 0.1) is 49.0 Å². The maximum Gasteiger partial charge on any atom is 0.257 e. The number of methoxy groups -OCH3 is 2. The molecule has 0 aliphatic carbocycles. The molecular weight excluding hydrogens is 452 g/mol. The number of amides is 1. The highest BCUT2D eigenvalue weighted by Gasteiger charge is 2.27. The van der Waals surface area contributed by atoms with Crippen molar-refractivity contribution in [1.29, 1.82) is 0 Å². The fourth-order valence-electron chi connectivity index (χ4n) is 3.14. The Morgan fingerprint density at radius 2 is 1.56 bits per heavy atom. The zero-order valence-corrected chi connectivity index (χ0v) is 19.4. The minimum Gasteiger partial charge on any atom is -0.493 e. The Bertz CT molecular complexity index is 1220. The average Bonchev–Trinajstić information content (AvgIpc) is 2.78. The van der Waals surface area contributed by atoms with Crippen LogP contribution in [0, 0.1) is 0 Å². The summed E-state index contributed by atoms with van der Waals surface area (Å²) >= 11 is 6.18. The van der Waals surface area contributed by atoms with Gasteiger partial charge < -0.3 is 14.8 Å². The molecule has 0 unspecified atom stereocenters. The first-order valence-corrected chi connectivity index (χ1v) is 11.8. The number of anilines is 2. The van der Waals surface area contributed by atoms with E-state index in [2.05, 4.69) is 5.32 Å². The van der Waals surface area contributed by atoms with E-state index in [0.29, 0.717) is 16.5 Å². The molecule has 7 nitrogen and oxygen atoms in total. The number of rotatable bonds is 8. The third kappa shape index (κ3) is 5.33. The summed E-state index contributed by atoms with van der Waals surface area (Å²) in [7, 11) is -0.893. The zero-order chi connectivity index (χ0) is 23.3. The van der Waals surface area contributed by atoms with E-state index in [4.69, 9.17) is 21.1 Å². The molecule has 9 heteroatoms. The van der Waals surface area contributed by atoms with Crippen LogP contribution in [0.5, 0.6) is 11.5 Å². The fraction of sp³-hybridized carbons (Fsp3) is 0.174. The van der Waals surface area contributed by atoms with Gasteiger partial charge in [0.1, 0.15) is 0 Å². The lowest BCUT2D eigenvalue weighted by Gasteiger charge is -2.26. The van der Waals surface area contributed by atoms with Crippen molar-refractivity contribution in [2.75, 3.05) is 30.1 Å². The molecule has 0 aliphatic rings. The number of halogens is 1. The number of hydrogen-bond acceptors (Lipinski definition) is 5. The summed E-state index contributed by atoms with van der Waals surface area (Å²) in [4.78, 5) is 13.3. The first-order valence-electron chi connectivity index (χ1n) is 9.58. The molecule has 168 valence electrons. The van der Waals surface area contributed by atoms with E-state index in [9.17, 15) is 13.2 Å². The summed E-state index contributed by atoms with van der Waals surface area (Å²) in [6, 6.07) is 18.8. The first kappa shape index (κ1) is 23.4. The summed E-state index contributed by atoms with van der Waals surface area (Å²) < 4.78 is 37.4. The summed E-state index contributed by atoms with van der Waals surface area (Å²) in [6.45, 7) is 0.0293. The van der Waals surface area contributed by atoms with Crippen LogP contribution in [0.3, 0.4) is 0 Å². The van der Waals surface area contributed by atoms with E-state index >= 15 is 0 Å². The molecule has 32 heavy (non-hydrogen) atoms. The van der Waals surface area contributed by atoms with Gasteiger partial charge in [-0.05, 0) is 23.8 Å². The maximum atomic E-state index is 13.3. The SMILES string of the molecule is COc1cc(C(=O)Nc2ccccc2Cl)c(N(Cc2ccccc2)S(C)(=O)=O)cc1OC. The predicted molar refractivity (Wildman–Crippen MR) is 126 cm³/mol. The molecule has 3 aromatic rings. The third-order valence-electron chi connectivity index (χ3n) is 4.71. The molecule has 3 rings (SSSR count). The Labute approximate surface area is 192 Å². The van der Waals surface area contributed by atoms with E-state index in [-0.39, 0.29) is 23.5 Å². The fourth-order valence-corrected chi connectivity index (χ4v) is 4.21. The van der Waals surface area contributed by atoms with Gasteiger partial charge in [0.15, 0.2) is 11.5 Å². The molecule has 1 N–H and O–H groups in total. The predicted octanol–water partition coefficient (Wildman–Crippen LogP) is 4.58. The highest BCUT2D eigenvalue weighted by molar-refractivity contribution is 7.92. The molecule has 0 radical (unpaired) electrons. The van der Waals surface area contributed by atoms with Gasteiger partial charge in [-0.3, -0.25) is 9.10 Å². The van der Waals surface area contributed by atoms with Crippen LogP contribution in [0.4, 0.5) is 11.4 Å². The van der Waals surface area contributed by atoms with Gasteiger partial charge in [-0.25, -0.2) is 8.42 Å². The molecule has 3 aromatic carbocycles. The van der Waals surface area contributed by atoms with Crippen molar-refractivity contribution in [3.8, 4) is 11.5 Å². The highest BCUT2D eigenvalue weighted by Crippen LogP contribution is 2.37. The minimum atomic E-state index is -3.77. The number of benzene rings is 3. The summed E-state index contributed by atoms with van der Waals surface area (Å²) in [5.74, 6) is 0.0305. The number of carbonyl (C=O) groups excluding carboxylic acids is 1. The smallest absolute Gasteiger partial charge is 0.257 e. The van der Waals surface area contributed by atoms with E-state index in [1.807, 2.05) is 30.3 Å². The van der Waals surface area contributed by atoms with Gasteiger partial charge in [-0.15, -0.1) is 0 Å². The Morgan fingerprint density at radius 1 is 0.969 bits per heavy atom. The quantitative estimate of drug-likeness (QED) is 0.516. The lowest BCUT2D eigenvalue weighted by Crippen LogP contribution is -2.31. The van der Waals surface area contributed by atoms with Crippen molar-refractivity contribution in [3.05, 3.63) is 82.9 Å². The molecule has 0 spiro atoms. The van der Waals surface area contributed by atoms with Gasteiger partial charge in [0.2, 0.25) is 10.0 Å². The van der Waals surface area contributed by atoms with E-state index in [1.54, 1.807) is 24.3 Å². The second kappa shape index (κ2) is 9.93. The molecule has 0 bridgehead atoms. The number of para-hydroxylation sites is 1. The Balaban J connectivity index is 2.15. The van der Waals surface area contributed by atoms with Gasteiger partial charge in [0.25, 0.3) is 5.91 Å². The molecule has 0 atom stereocenters. The van der Waals surface area contributed by atoms with Gasteiger partial charge in [-0.1, -0.05) is 54.1 Å². The first-order chi connectivity index (χ1) is 15.2. The molecule has 0 heterocycles. The molecule has 0 saturated heterocycles. The second-order valence-corrected chi connectivity index (χ2v) is 9.23. The van der Waals surface area contributed by atoms with E-state index < -0.39 is 15.9 Å². The molecule has 1 amide bonds. The van der Waals surface area contributed by atoms with Crippen LogP contribution >= 0.6 is 11.6 Å². The summed E-state index contributed by atoms with van der Waals surface area (Å²) in [5, 5.41) is 3.09. The van der Waals surface area contributed by atoms with Crippen LogP contribution in [0.2, 0.25) is 5.02 Å². The largest absolute Gasteiger partial charge is 0.493 e. The molecule has 0 aliphatic heterocycles. The number of nitrogens with zero attached hydrogens (tertiary/aromatic N) is 1. The van der Waals surface area contributed by atoms with Crippen LogP contribution in [-0.4, -0.2) is 34.8 Å². The Morgan fingerprint density at radius 3 is 2.16 bits per heavy atom. The molecular formula is C23H23ClN2O5S. The normalized spacial score (nSPS) is 11.0. The minimum absolute atomic E-state index is 0.0293. The summed E-state index contributed by atoms with van der Waals surface area (Å²) in [5.41, 5.74) is 1.39. The monoisotopic (exact) mass is 474 g/mol. The van der Waals surface area contributed by atoms with Crippen LogP contribution in [0.1, 0.15) is 15.9 Å². The average molecular weight is 475 g/mol. The molecule has 0 aromatic heterocycles. The van der Waals surface area contributed by atoms with Gasteiger partial charge >= 0.3 is 0 Å². The van der Waals surface area contributed by atoms with Gasteiger partial charge in [0, 0.05) is 6.07 Å². The van der Waals surface area contributed by atoms with Crippen molar-refractivity contribution < 1.29 is 22.7 Å². The Kier molecular flexibility index (Phi) is 7.27. The number of carbonyl (C=O) groups is 1. The van der Waals surface area contributed by atoms with Crippen molar-refractivity contribution in [3.63, 3.8) is 0 Å². The van der Waals surface area contributed by atoms with Crippen molar-refractivity contribution in [1.82, 2.24) is 0 Å². The van der Waals surface area contributed by atoms with Crippen LogP contribution in [-0.2, 0) is 16.6 Å². The lowest BCUT2D eigenvalue weighted by molar-refractivity contribution is 0.102. The van der Waals surface area contributed by atoms with Crippen molar-refractivity contribution >= 4 is 38.9 Å². The number of nitrogens with one attached hydrogen (secondary N) is 1. The molecule has 0 saturated carbocycles. The highest BCUT2D eigenvalue weighted by atomic mass is 35.5. The standard InChI is InChI=1S/C23H23ClN2O5S/c1-30-21-13-17(23(27)25-19-12-8-7-11-18(19)24)20(14-22(21)31-2)26(32(3,28)29)15-16-9-5-4-6-10-16/h4-14H,15H2,1-3H3,(H,25,27). The third-order valence-corrected chi connectivity index (χ3v) is 6.16. The van der Waals surface area contributed by atoms with E-state index in [0.717, 1.165) is 16.1 Å². The van der Waals surface area contributed by atoms with E-state index in [1.165, 1.54) is 26.4 Å². The number of hydrogen-bond donors (Lipinski definition) is 1. The second-order valence-electron chi connectivity index (χ2n) is 6.91.